The average molecular weight is 597 g/mol. The van der Waals surface area contributed by atoms with Gasteiger partial charge in [-0.2, -0.15) is 0 Å². The lowest BCUT2D eigenvalue weighted by Crippen LogP contribution is -2.24. The zero-order chi connectivity index (χ0) is 24.6. The van der Waals surface area contributed by atoms with Crippen molar-refractivity contribution >= 4 is 37.8 Å². The van der Waals surface area contributed by atoms with Crippen LogP contribution in [0, 0.1) is 0 Å². The van der Waals surface area contributed by atoms with Crippen LogP contribution in [-0.4, -0.2) is 31.5 Å². The molecular formula is C28H39Br2NO3. The molecule has 0 aromatic heterocycles. The van der Waals surface area contributed by atoms with Gasteiger partial charge in [-0.3, -0.25) is 4.79 Å². The van der Waals surface area contributed by atoms with Gasteiger partial charge in [0.1, 0.15) is 11.5 Å². The summed E-state index contributed by atoms with van der Waals surface area (Å²) < 4.78 is 12.1. The molecule has 0 radical (unpaired) electrons. The van der Waals surface area contributed by atoms with E-state index < -0.39 is 0 Å². The molecule has 2 aromatic carbocycles. The third-order valence-corrected chi connectivity index (χ3v) is 6.74. The number of benzene rings is 2. The van der Waals surface area contributed by atoms with E-state index in [0.717, 1.165) is 45.3 Å². The molecule has 6 heteroatoms. The molecule has 0 atom stereocenters. The van der Waals surface area contributed by atoms with E-state index in [-0.39, 0.29) is 5.91 Å². The summed E-state index contributed by atoms with van der Waals surface area (Å²) in [5.41, 5.74) is 2.41. The fraction of sp³-hybridized carbons (Fsp3) is 0.536. The third kappa shape index (κ3) is 9.99. The van der Waals surface area contributed by atoms with E-state index in [1.807, 2.05) is 36.4 Å². The van der Waals surface area contributed by atoms with E-state index in [4.69, 9.17) is 9.47 Å². The minimum atomic E-state index is -0.0622. The van der Waals surface area contributed by atoms with Gasteiger partial charge in [0, 0.05) is 23.0 Å². The molecule has 188 valence electrons. The number of rotatable bonds is 17. The van der Waals surface area contributed by atoms with E-state index in [9.17, 15) is 4.79 Å². The molecule has 1 N–H and O–H groups in total. The summed E-state index contributed by atoms with van der Waals surface area (Å²) in [6.07, 6.45) is 12.8. The Morgan fingerprint density at radius 1 is 0.941 bits per heavy atom. The number of hydrogen-bond donors (Lipinski definition) is 1. The van der Waals surface area contributed by atoms with Crippen molar-refractivity contribution in [3.05, 3.63) is 46.4 Å². The van der Waals surface area contributed by atoms with E-state index in [1.165, 1.54) is 51.4 Å². The van der Waals surface area contributed by atoms with Crippen LogP contribution in [0.25, 0.3) is 11.1 Å². The second-order valence-corrected chi connectivity index (χ2v) is 10.2. The van der Waals surface area contributed by atoms with Gasteiger partial charge >= 0.3 is 0 Å². The lowest BCUT2D eigenvalue weighted by Gasteiger charge is -2.16. The van der Waals surface area contributed by atoms with Crippen molar-refractivity contribution in [3.63, 3.8) is 0 Å². The van der Waals surface area contributed by atoms with Gasteiger partial charge in [0.2, 0.25) is 0 Å². The molecule has 0 fully saturated rings. The Hall–Kier alpha value is -1.53. The minimum Gasteiger partial charge on any atom is -0.497 e. The molecular weight excluding hydrogens is 558 g/mol. The number of hydrogen-bond acceptors (Lipinski definition) is 3. The molecule has 0 heterocycles. The number of alkyl halides is 1. The summed E-state index contributed by atoms with van der Waals surface area (Å²) in [6, 6.07) is 11.5. The van der Waals surface area contributed by atoms with Gasteiger partial charge in [-0.25, -0.2) is 0 Å². The van der Waals surface area contributed by atoms with Crippen LogP contribution in [0.1, 0.15) is 81.5 Å². The second-order valence-electron chi connectivity index (χ2n) is 8.54. The maximum atomic E-state index is 12.9. The van der Waals surface area contributed by atoms with Gasteiger partial charge in [-0.05, 0) is 52.2 Å². The Morgan fingerprint density at radius 3 is 2.26 bits per heavy atom. The van der Waals surface area contributed by atoms with Crippen LogP contribution >= 0.6 is 31.9 Å². The van der Waals surface area contributed by atoms with Crippen LogP contribution in [0.5, 0.6) is 11.5 Å². The average Bonchev–Trinajstić information content (AvgIpc) is 2.86. The maximum absolute atomic E-state index is 12.9. The molecule has 34 heavy (non-hydrogen) atoms. The third-order valence-electron chi connectivity index (χ3n) is 5.83. The number of methoxy groups -OCH3 is 1. The number of amides is 1. The standard InChI is InChI=1S/C28H39Br2NO3/c1-3-4-5-6-7-8-9-10-11-12-17-31-28(32)23-20-25(22-14-13-15-24(19-22)33-2)27(26(30)21-23)34-18-16-29/h13-15,19-21H,3-12,16-18H2,1-2H3,(H,31,32). The van der Waals surface area contributed by atoms with E-state index >= 15 is 0 Å². The number of ether oxygens (including phenoxy) is 2. The number of carbonyl (C=O) groups excluding carboxylic acids is 1. The van der Waals surface area contributed by atoms with Crippen LogP contribution < -0.4 is 14.8 Å². The zero-order valence-corrected chi connectivity index (χ0v) is 23.8. The van der Waals surface area contributed by atoms with Crippen molar-refractivity contribution in [1.82, 2.24) is 5.32 Å². The van der Waals surface area contributed by atoms with Crippen LogP contribution in [0.2, 0.25) is 0 Å². The summed E-state index contributed by atoms with van der Waals surface area (Å²) in [5, 5.41) is 3.80. The number of unbranched alkanes of at least 4 members (excludes halogenated alkanes) is 9. The summed E-state index contributed by atoms with van der Waals surface area (Å²) in [7, 11) is 1.65. The first-order valence-corrected chi connectivity index (χ1v) is 14.5. The van der Waals surface area contributed by atoms with Crippen molar-refractivity contribution < 1.29 is 14.3 Å². The molecule has 0 bridgehead atoms. The summed E-state index contributed by atoms with van der Waals surface area (Å²) in [5.74, 6) is 1.42. The minimum absolute atomic E-state index is 0.0622. The molecule has 0 aliphatic heterocycles. The smallest absolute Gasteiger partial charge is 0.251 e. The fourth-order valence-corrected chi connectivity index (χ4v) is 4.67. The van der Waals surface area contributed by atoms with E-state index in [0.29, 0.717) is 18.7 Å². The van der Waals surface area contributed by atoms with E-state index in [1.54, 1.807) is 7.11 Å². The predicted octanol–water partition coefficient (Wildman–Crippen LogP) is 8.55. The Labute approximate surface area is 222 Å². The number of nitrogens with one attached hydrogen (secondary N) is 1. The van der Waals surface area contributed by atoms with Gasteiger partial charge in [0.25, 0.3) is 5.91 Å². The molecule has 0 saturated heterocycles. The topological polar surface area (TPSA) is 47.6 Å². The normalized spacial score (nSPS) is 10.8. The lowest BCUT2D eigenvalue weighted by molar-refractivity contribution is 0.0953. The summed E-state index contributed by atoms with van der Waals surface area (Å²) >= 11 is 7.03. The Bertz CT molecular complexity index is 873. The quantitative estimate of drug-likeness (QED) is 0.147. The van der Waals surface area contributed by atoms with Crippen molar-refractivity contribution in [2.24, 2.45) is 0 Å². The highest BCUT2D eigenvalue weighted by atomic mass is 79.9. The molecule has 0 saturated carbocycles. The predicted molar refractivity (Wildman–Crippen MR) is 150 cm³/mol. The number of carbonyl (C=O) groups is 1. The number of halogens is 2. The van der Waals surface area contributed by atoms with Gasteiger partial charge in [0.15, 0.2) is 0 Å². The maximum Gasteiger partial charge on any atom is 0.251 e. The highest BCUT2D eigenvalue weighted by molar-refractivity contribution is 9.10. The van der Waals surface area contributed by atoms with Crippen molar-refractivity contribution in [2.75, 3.05) is 25.6 Å². The molecule has 4 nitrogen and oxygen atoms in total. The molecule has 0 aliphatic rings. The van der Waals surface area contributed by atoms with Gasteiger partial charge in [-0.1, -0.05) is 92.8 Å². The molecule has 2 aromatic rings. The highest BCUT2D eigenvalue weighted by Crippen LogP contribution is 2.39. The van der Waals surface area contributed by atoms with Crippen molar-refractivity contribution in [2.45, 2.75) is 71.1 Å². The second kappa shape index (κ2) is 17.0. The van der Waals surface area contributed by atoms with Crippen molar-refractivity contribution in [1.29, 1.82) is 0 Å². The Morgan fingerprint density at radius 2 is 1.62 bits per heavy atom. The van der Waals surface area contributed by atoms with Crippen molar-refractivity contribution in [3.8, 4) is 22.6 Å². The monoisotopic (exact) mass is 595 g/mol. The molecule has 0 unspecified atom stereocenters. The Kier molecular flexibility index (Phi) is 14.3. The molecule has 0 aliphatic carbocycles. The SMILES string of the molecule is CCCCCCCCCCCCNC(=O)c1cc(Br)c(OCCBr)c(-c2cccc(OC)c2)c1. The van der Waals surface area contributed by atoms with Gasteiger partial charge in [0.05, 0.1) is 18.2 Å². The van der Waals surface area contributed by atoms with Gasteiger partial charge in [-0.15, -0.1) is 0 Å². The molecule has 1 amide bonds. The zero-order valence-electron chi connectivity index (χ0n) is 20.6. The lowest BCUT2D eigenvalue weighted by atomic mass is 10.0. The van der Waals surface area contributed by atoms with Gasteiger partial charge < -0.3 is 14.8 Å². The Balaban J connectivity index is 1.92. The van der Waals surface area contributed by atoms with Crippen LogP contribution in [-0.2, 0) is 0 Å². The molecule has 0 spiro atoms. The largest absolute Gasteiger partial charge is 0.497 e. The van der Waals surface area contributed by atoms with E-state index in [2.05, 4.69) is 44.1 Å². The van der Waals surface area contributed by atoms with Crippen LogP contribution in [0.15, 0.2) is 40.9 Å². The van der Waals surface area contributed by atoms with Crippen LogP contribution in [0.3, 0.4) is 0 Å². The first-order valence-electron chi connectivity index (χ1n) is 12.6. The summed E-state index contributed by atoms with van der Waals surface area (Å²) in [4.78, 5) is 12.9. The fourth-order valence-electron chi connectivity index (χ4n) is 3.93. The first-order chi connectivity index (χ1) is 16.6. The molecule has 2 rings (SSSR count). The van der Waals surface area contributed by atoms with Crippen LogP contribution in [0.4, 0.5) is 0 Å². The highest BCUT2D eigenvalue weighted by Gasteiger charge is 2.17. The first kappa shape index (κ1) is 28.7. The summed E-state index contributed by atoms with van der Waals surface area (Å²) in [6.45, 7) is 3.48.